The Labute approximate surface area is 240 Å². The van der Waals surface area contributed by atoms with Gasteiger partial charge in [0.05, 0.1) is 22.7 Å². The van der Waals surface area contributed by atoms with E-state index >= 15 is 0 Å². The molecule has 41 heavy (non-hydrogen) atoms. The molecule has 11 heteroatoms. The van der Waals surface area contributed by atoms with E-state index < -0.39 is 15.8 Å². The highest BCUT2D eigenvalue weighted by atomic mass is 32.2. The third-order valence-electron chi connectivity index (χ3n) is 7.05. The van der Waals surface area contributed by atoms with Crippen LogP contribution >= 0.6 is 0 Å². The van der Waals surface area contributed by atoms with Crippen molar-refractivity contribution in [3.8, 4) is 22.9 Å². The molecule has 1 atom stereocenters. The number of halogens is 1. The number of nitrogens with one attached hydrogen (secondary N) is 3. The highest BCUT2D eigenvalue weighted by Gasteiger charge is 2.21. The van der Waals surface area contributed by atoms with Crippen LogP contribution in [-0.2, 0) is 10.0 Å². The summed E-state index contributed by atoms with van der Waals surface area (Å²) >= 11 is 0. The van der Waals surface area contributed by atoms with E-state index in [1.54, 1.807) is 42.7 Å². The lowest BCUT2D eigenvalue weighted by Crippen LogP contribution is -2.38. The topological polar surface area (TPSA) is 118 Å². The van der Waals surface area contributed by atoms with Crippen molar-refractivity contribution in [2.75, 3.05) is 28.9 Å². The van der Waals surface area contributed by atoms with Gasteiger partial charge in [-0.15, -0.1) is 0 Å². The summed E-state index contributed by atoms with van der Waals surface area (Å²) in [5, 5.41) is 7.73. The van der Waals surface area contributed by atoms with Gasteiger partial charge in [0.2, 0.25) is 21.9 Å². The molecule has 0 aliphatic carbocycles. The first kappa shape index (κ1) is 28.7. The van der Waals surface area contributed by atoms with Crippen LogP contribution in [0.3, 0.4) is 0 Å². The summed E-state index contributed by atoms with van der Waals surface area (Å²) < 4.78 is 49.4. The number of piperidine rings is 1. The maximum atomic E-state index is 15.0. The van der Waals surface area contributed by atoms with Crippen LogP contribution in [0, 0.1) is 18.7 Å². The number of nitrogens with zero attached hydrogens (tertiary/aromatic N) is 3. The molecule has 9 nitrogen and oxygen atoms in total. The fourth-order valence-corrected chi connectivity index (χ4v) is 6.20. The van der Waals surface area contributed by atoms with Crippen molar-refractivity contribution in [2.24, 2.45) is 5.92 Å². The van der Waals surface area contributed by atoms with E-state index in [1.165, 1.54) is 6.07 Å². The average molecular weight is 579 g/mol. The molecule has 0 amide bonds. The van der Waals surface area contributed by atoms with Crippen molar-refractivity contribution < 1.29 is 17.5 Å². The van der Waals surface area contributed by atoms with Crippen molar-refractivity contribution >= 4 is 32.4 Å². The van der Waals surface area contributed by atoms with Gasteiger partial charge in [0.25, 0.3) is 0 Å². The van der Waals surface area contributed by atoms with Crippen molar-refractivity contribution in [1.29, 1.82) is 0 Å². The first-order chi connectivity index (χ1) is 19.7. The molecular weight excluding hydrogens is 543 g/mol. The molecule has 0 saturated carbocycles. The van der Waals surface area contributed by atoms with Crippen LogP contribution in [0.4, 0.5) is 16.0 Å². The molecule has 3 N–H and O–H groups in total. The molecule has 1 aliphatic rings. The number of benzene rings is 2. The number of aryl methyl sites for hydroxylation is 1. The fourth-order valence-electron chi connectivity index (χ4n) is 4.80. The average Bonchev–Trinajstić information content (AvgIpc) is 2.96. The molecule has 0 radical (unpaired) electrons. The van der Waals surface area contributed by atoms with Crippen LogP contribution in [0.1, 0.15) is 38.7 Å². The van der Waals surface area contributed by atoms with E-state index in [0.29, 0.717) is 46.0 Å². The summed E-state index contributed by atoms with van der Waals surface area (Å²) in [6, 6.07) is 12.0. The number of fused-ring (bicyclic) bond motifs is 1. The van der Waals surface area contributed by atoms with Crippen LogP contribution in [0.15, 0.2) is 54.9 Å². The Morgan fingerprint density at radius 2 is 1.93 bits per heavy atom. The summed E-state index contributed by atoms with van der Waals surface area (Å²) in [6.45, 7) is 7.63. The van der Waals surface area contributed by atoms with Gasteiger partial charge in [0.15, 0.2) is 0 Å². The first-order valence-corrected chi connectivity index (χ1v) is 15.5. The van der Waals surface area contributed by atoms with Gasteiger partial charge < -0.3 is 15.4 Å². The number of hydrogen-bond donors (Lipinski definition) is 3. The summed E-state index contributed by atoms with van der Waals surface area (Å²) in [7, 11) is -3.75. The Kier molecular flexibility index (Phi) is 8.65. The number of aromatic nitrogens is 3. The second-order valence-electron chi connectivity index (χ2n) is 10.7. The fraction of sp³-hybridized carbons (Fsp3) is 0.367. The zero-order valence-electron chi connectivity index (χ0n) is 23.4. The third-order valence-corrected chi connectivity index (χ3v) is 8.34. The SMILES string of the molecule is Cc1ccc2c(NS(=O)(=O)CCC(C)C)c(F)ccc2c1Oc1ncccc1-c1ccnc(N[C@H]2CCCNC2)n1. The molecule has 216 valence electrons. The summed E-state index contributed by atoms with van der Waals surface area (Å²) in [6.07, 6.45) is 5.92. The Morgan fingerprint density at radius 1 is 1.10 bits per heavy atom. The predicted molar refractivity (Wildman–Crippen MR) is 160 cm³/mol. The molecule has 3 heterocycles. The van der Waals surface area contributed by atoms with Gasteiger partial charge in [0, 0.05) is 35.8 Å². The number of hydrogen-bond acceptors (Lipinski definition) is 8. The molecule has 2 aromatic heterocycles. The van der Waals surface area contributed by atoms with Gasteiger partial charge in [0.1, 0.15) is 11.6 Å². The molecule has 2 aromatic carbocycles. The lowest BCUT2D eigenvalue weighted by molar-refractivity contribution is 0.466. The second kappa shape index (κ2) is 12.4. The summed E-state index contributed by atoms with van der Waals surface area (Å²) in [5.74, 6) is 0.733. The highest BCUT2D eigenvalue weighted by Crippen LogP contribution is 2.39. The van der Waals surface area contributed by atoms with Crippen molar-refractivity contribution in [3.63, 3.8) is 0 Å². The smallest absolute Gasteiger partial charge is 0.232 e. The zero-order chi connectivity index (χ0) is 29.0. The molecule has 4 aromatic rings. The monoisotopic (exact) mass is 578 g/mol. The lowest BCUT2D eigenvalue weighted by Gasteiger charge is -2.23. The molecule has 1 aliphatic heterocycles. The van der Waals surface area contributed by atoms with Crippen LogP contribution < -0.4 is 20.1 Å². The molecule has 1 saturated heterocycles. The number of anilines is 2. The minimum Gasteiger partial charge on any atom is -0.437 e. The van der Waals surface area contributed by atoms with Crippen molar-refractivity contribution in [1.82, 2.24) is 20.3 Å². The quantitative estimate of drug-likeness (QED) is 0.213. The van der Waals surface area contributed by atoms with E-state index in [0.717, 1.165) is 31.5 Å². The van der Waals surface area contributed by atoms with Crippen molar-refractivity contribution in [3.05, 3.63) is 66.2 Å². The highest BCUT2D eigenvalue weighted by molar-refractivity contribution is 7.92. The summed E-state index contributed by atoms with van der Waals surface area (Å²) in [4.78, 5) is 13.6. The molecule has 1 fully saturated rings. The minimum atomic E-state index is -3.75. The predicted octanol–water partition coefficient (Wildman–Crippen LogP) is 5.88. The molecule has 5 rings (SSSR count). The van der Waals surface area contributed by atoms with Crippen LogP contribution in [0.5, 0.6) is 11.6 Å². The largest absolute Gasteiger partial charge is 0.437 e. The number of ether oxygens (including phenoxy) is 1. The standard InChI is InChI=1S/C30H35FN6O3S/c1-19(2)13-17-41(38,39)37-27-22-9-8-20(3)28(23(22)10-11-25(27)31)40-29-24(7-5-15-33-29)26-12-16-34-30(36-26)35-21-6-4-14-32-18-21/h5,7-12,15-16,19,21,32,37H,4,6,13-14,17-18H2,1-3H3,(H,34,35,36)/t21-/m0/s1. The summed E-state index contributed by atoms with van der Waals surface area (Å²) in [5.41, 5.74) is 1.98. The molecule has 0 bridgehead atoms. The van der Waals surface area contributed by atoms with E-state index in [2.05, 4.69) is 25.3 Å². The zero-order valence-corrected chi connectivity index (χ0v) is 24.3. The van der Waals surface area contributed by atoms with Crippen LogP contribution in [0.25, 0.3) is 22.0 Å². The second-order valence-corrected chi connectivity index (χ2v) is 12.6. The Morgan fingerprint density at radius 3 is 2.71 bits per heavy atom. The Balaban J connectivity index is 1.48. The van der Waals surface area contributed by atoms with Gasteiger partial charge >= 0.3 is 0 Å². The molecule has 0 spiro atoms. The van der Waals surface area contributed by atoms with E-state index in [4.69, 9.17) is 9.72 Å². The van der Waals surface area contributed by atoms with Gasteiger partial charge in [-0.3, -0.25) is 4.72 Å². The number of rotatable bonds is 10. The maximum absolute atomic E-state index is 15.0. The van der Waals surface area contributed by atoms with E-state index in [1.807, 2.05) is 26.8 Å². The Bertz CT molecular complexity index is 1640. The van der Waals surface area contributed by atoms with Crippen LogP contribution in [0.2, 0.25) is 0 Å². The third kappa shape index (κ3) is 6.91. The maximum Gasteiger partial charge on any atom is 0.232 e. The van der Waals surface area contributed by atoms with Gasteiger partial charge in [-0.25, -0.2) is 27.8 Å². The van der Waals surface area contributed by atoms with E-state index in [9.17, 15) is 12.8 Å². The molecule has 0 unspecified atom stereocenters. The van der Waals surface area contributed by atoms with Gasteiger partial charge in [-0.2, -0.15) is 0 Å². The van der Waals surface area contributed by atoms with Gasteiger partial charge in [-0.1, -0.05) is 26.0 Å². The first-order valence-electron chi connectivity index (χ1n) is 13.9. The number of pyridine rings is 1. The molecular formula is C30H35FN6O3S. The number of sulfonamides is 1. The normalized spacial score (nSPS) is 15.7. The van der Waals surface area contributed by atoms with Gasteiger partial charge in [-0.05, 0) is 74.5 Å². The minimum absolute atomic E-state index is 0.0962. The van der Waals surface area contributed by atoms with E-state index in [-0.39, 0.29) is 23.4 Å². The Hall–Kier alpha value is -3.83. The van der Waals surface area contributed by atoms with Crippen molar-refractivity contribution in [2.45, 2.75) is 46.1 Å². The lowest BCUT2D eigenvalue weighted by atomic mass is 10.0. The van der Waals surface area contributed by atoms with Crippen LogP contribution in [-0.4, -0.2) is 48.3 Å².